The second-order valence-corrected chi connectivity index (χ2v) is 17.2. The standard InChI is InChI=1S/C57H63NO11/c1-41(59)58-50-53(65-37-46-29-17-7-18-30-46)51(63-35-44-25-13-5-14-26-44)48(39-61-33-42-21-9-3-10-22-42)67-56(50)69-54-52(64-36-45-27-15-6-16-28-45)49(40-62-34-43-23-11-4-12-24-43)68-57(60-2)55(54)66-38-47-31-19-8-20-32-47/h3-32,48-57H,33-40H2,1-2H3,(H,58,59)/t48-,49-,50-,51-,52+,53-,54+,55-,56+,57+/m1/s1. The molecular formula is C57H63NO11. The number of benzene rings is 6. The zero-order chi connectivity index (χ0) is 47.5. The quantitative estimate of drug-likeness (QED) is 0.0628. The molecule has 12 nitrogen and oxygen atoms in total. The molecule has 2 aliphatic heterocycles. The Morgan fingerprint density at radius 2 is 0.739 bits per heavy atom. The number of carbonyl (C=O) groups is 1. The van der Waals surface area contributed by atoms with Gasteiger partial charge < -0.3 is 52.7 Å². The van der Waals surface area contributed by atoms with Crippen molar-refractivity contribution in [1.29, 1.82) is 0 Å². The molecule has 0 bridgehead atoms. The van der Waals surface area contributed by atoms with Crippen molar-refractivity contribution in [2.24, 2.45) is 0 Å². The number of rotatable bonds is 24. The first-order chi connectivity index (χ1) is 34.0. The highest BCUT2D eigenvalue weighted by Gasteiger charge is 2.54. The molecule has 0 unspecified atom stereocenters. The smallest absolute Gasteiger partial charge is 0.217 e. The predicted octanol–water partition coefficient (Wildman–Crippen LogP) is 8.75. The third-order valence-corrected chi connectivity index (χ3v) is 12.1. The summed E-state index contributed by atoms with van der Waals surface area (Å²) in [6, 6.07) is 58.6. The summed E-state index contributed by atoms with van der Waals surface area (Å²) in [4.78, 5) is 13.4. The van der Waals surface area contributed by atoms with Crippen molar-refractivity contribution >= 4 is 5.91 Å². The lowest BCUT2D eigenvalue weighted by Gasteiger charge is -2.50. The van der Waals surface area contributed by atoms with Crippen molar-refractivity contribution in [2.75, 3.05) is 20.3 Å². The Balaban J connectivity index is 1.17. The number of methoxy groups -OCH3 is 1. The first-order valence-corrected chi connectivity index (χ1v) is 23.6. The summed E-state index contributed by atoms with van der Waals surface area (Å²) < 4.78 is 67.7. The van der Waals surface area contributed by atoms with E-state index in [4.69, 9.17) is 47.4 Å². The third kappa shape index (κ3) is 14.7. The van der Waals surface area contributed by atoms with E-state index in [9.17, 15) is 4.79 Å². The van der Waals surface area contributed by atoms with Gasteiger partial charge in [-0.2, -0.15) is 0 Å². The SMILES string of the molecule is CO[C@H]1O[C@H](COCc2ccccc2)[C@H](OCc2ccccc2)[C@H](O[C@@H]2O[C@H](COCc3ccccc3)[C@@H](OCc3ccccc3)[C@H](OCc3ccccc3)[C@H]2NC(C)=O)[C@H]1OCc1ccccc1. The summed E-state index contributed by atoms with van der Waals surface area (Å²) in [5.41, 5.74) is 5.80. The van der Waals surface area contributed by atoms with E-state index in [0.29, 0.717) is 13.2 Å². The molecule has 2 aliphatic rings. The molecule has 2 fully saturated rings. The molecule has 362 valence electrons. The monoisotopic (exact) mass is 937 g/mol. The van der Waals surface area contributed by atoms with Crippen LogP contribution in [0.15, 0.2) is 182 Å². The third-order valence-electron chi connectivity index (χ3n) is 12.1. The highest BCUT2D eigenvalue weighted by atomic mass is 16.7. The van der Waals surface area contributed by atoms with Crippen LogP contribution in [-0.4, -0.2) is 87.6 Å². The minimum Gasteiger partial charge on any atom is -0.374 e. The van der Waals surface area contributed by atoms with Gasteiger partial charge in [-0.25, -0.2) is 0 Å². The summed E-state index contributed by atoms with van der Waals surface area (Å²) in [5.74, 6) is -0.311. The van der Waals surface area contributed by atoms with Gasteiger partial charge in [-0.3, -0.25) is 4.79 Å². The van der Waals surface area contributed by atoms with Gasteiger partial charge in [-0.05, 0) is 33.4 Å². The van der Waals surface area contributed by atoms with Crippen LogP contribution < -0.4 is 5.32 Å². The maximum absolute atomic E-state index is 13.4. The number of hydrogen-bond acceptors (Lipinski definition) is 11. The number of amides is 1. The molecule has 0 aromatic heterocycles. The van der Waals surface area contributed by atoms with Crippen molar-refractivity contribution in [1.82, 2.24) is 5.32 Å². The van der Waals surface area contributed by atoms with E-state index in [2.05, 4.69) is 5.32 Å². The molecule has 0 spiro atoms. The lowest BCUT2D eigenvalue weighted by Crippen LogP contribution is -2.69. The Kier molecular flexibility index (Phi) is 19.0. The van der Waals surface area contributed by atoms with Gasteiger partial charge in [0.15, 0.2) is 12.6 Å². The van der Waals surface area contributed by atoms with E-state index >= 15 is 0 Å². The maximum atomic E-state index is 13.4. The minimum absolute atomic E-state index is 0.110. The van der Waals surface area contributed by atoms with E-state index < -0.39 is 61.3 Å². The van der Waals surface area contributed by atoms with E-state index in [-0.39, 0.29) is 45.5 Å². The van der Waals surface area contributed by atoms with E-state index in [1.807, 2.05) is 182 Å². The van der Waals surface area contributed by atoms with Crippen LogP contribution in [0.5, 0.6) is 0 Å². The van der Waals surface area contributed by atoms with Crippen LogP contribution in [0.2, 0.25) is 0 Å². The van der Waals surface area contributed by atoms with Gasteiger partial charge >= 0.3 is 0 Å². The lowest BCUT2D eigenvalue weighted by atomic mass is 9.94. The summed E-state index contributed by atoms with van der Waals surface area (Å²) in [5, 5.41) is 3.17. The van der Waals surface area contributed by atoms with E-state index in [1.165, 1.54) is 6.92 Å². The molecule has 1 amide bonds. The van der Waals surface area contributed by atoms with Crippen molar-refractivity contribution in [3.8, 4) is 0 Å². The van der Waals surface area contributed by atoms with Crippen LogP contribution in [0.3, 0.4) is 0 Å². The zero-order valence-electron chi connectivity index (χ0n) is 39.2. The van der Waals surface area contributed by atoms with E-state index in [1.54, 1.807) is 7.11 Å². The highest BCUT2D eigenvalue weighted by molar-refractivity contribution is 5.73. The second-order valence-electron chi connectivity index (χ2n) is 17.2. The Morgan fingerprint density at radius 3 is 1.10 bits per heavy atom. The van der Waals surface area contributed by atoms with Crippen LogP contribution in [0.25, 0.3) is 0 Å². The predicted molar refractivity (Wildman–Crippen MR) is 259 cm³/mol. The van der Waals surface area contributed by atoms with Gasteiger partial charge in [-0.1, -0.05) is 182 Å². The average molecular weight is 938 g/mol. The van der Waals surface area contributed by atoms with Gasteiger partial charge in [0.2, 0.25) is 5.91 Å². The van der Waals surface area contributed by atoms with Crippen molar-refractivity contribution in [3.63, 3.8) is 0 Å². The zero-order valence-corrected chi connectivity index (χ0v) is 39.2. The van der Waals surface area contributed by atoms with Crippen molar-refractivity contribution in [3.05, 3.63) is 215 Å². The average Bonchev–Trinajstić information content (AvgIpc) is 3.39. The van der Waals surface area contributed by atoms with Gasteiger partial charge in [-0.15, -0.1) is 0 Å². The summed E-state index contributed by atoms with van der Waals surface area (Å²) in [6.07, 6.45) is -7.69. The highest BCUT2D eigenvalue weighted by Crippen LogP contribution is 2.36. The molecular weight excluding hydrogens is 875 g/mol. The number of ether oxygens (including phenoxy) is 10. The fraction of sp³-hybridized carbons (Fsp3) is 0.351. The summed E-state index contributed by atoms with van der Waals surface area (Å²) in [7, 11) is 1.58. The van der Waals surface area contributed by atoms with Crippen LogP contribution >= 0.6 is 0 Å². The van der Waals surface area contributed by atoms with E-state index in [0.717, 1.165) is 33.4 Å². The molecule has 12 heteroatoms. The topological polar surface area (TPSA) is 121 Å². The van der Waals surface area contributed by atoms with Crippen LogP contribution in [0, 0.1) is 0 Å². The summed E-state index contributed by atoms with van der Waals surface area (Å²) in [6.45, 7) is 3.28. The Labute approximate surface area is 405 Å². The van der Waals surface area contributed by atoms with Crippen LogP contribution in [0.4, 0.5) is 0 Å². The van der Waals surface area contributed by atoms with Crippen LogP contribution in [0.1, 0.15) is 40.3 Å². The minimum atomic E-state index is -1.16. The van der Waals surface area contributed by atoms with Crippen molar-refractivity contribution in [2.45, 2.75) is 108 Å². The fourth-order valence-electron chi connectivity index (χ4n) is 8.63. The molecule has 1 N–H and O–H groups in total. The van der Waals surface area contributed by atoms with Gasteiger partial charge in [0.05, 0.1) is 52.9 Å². The number of carbonyl (C=O) groups excluding carboxylic acids is 1. The van der Waals surface area contributed by atoms with Crippen molar-refractivity contribution < 1.29 is 52.2 Å². The normalized spacial score (nSPS) is 24.7. The molecule has 2 saturated heterocycles. The fourth-order valence-corrected chi connectivity index (χ4v) is 8.63. The Morgan fingerprint density at radius 1 is 0.420 bits per heavy atom. The molecule has 10 atom stereocenters. The molecule has 69 heavy (non-hydrogen) atoms. The second kappa shape index (κ2) is 26.4. The van der Waals surface area contributed by atoms with Gasteiger partial charge in [0.25, 0.3) is 0 Å². The number of nitrogens with one attached hydrogen (secondary N) is 1. The molecule has 6 aromatic rings. The van der Waals surface area contributed by atoms with Gasteiger partial charge in [0, 0.05) is 14.0 Å². The number of hydrogen-bond donors (Lipinski definition) is 1. The first-order valence-electron chi connectivity index (χ1n) is 23.6. The Hall–Kier alpha value is -5.61. The van der Waals surface area contributed by atoms with Gasteiger partial charge in [0.1, 0.15) is 48.8 Å². The molecule has 0 radical (unpaired) electrons. The lowest BCUT2D eigenvalue weighted by molar-refractivity contribution is -0.361. The molecule has 0 saturated carbocycles. The summed E-state index contributed by atoms with van der Waals surface area (Å²) >= 11 is 0. The van der Waals surface area contributed by atoms with Crippen LogP contribution in [-0.2, 0) is 91.8 Å². The molecule has 0 aliphatic carbocycles. The largest absolute Gasteiger partial charge is 0.374 e. The molecule has 6 aromatic carbocycles. The molecule has 2 heterocycles. The maximum Gasteiger partial charge on any atom is 0.217 e. The molecule has 8 rings (SSSR count). The first kappa shape index (κ1) is 49.8. The Bertz CT molecular complexity index is 2350.